The molecule has 10 nitrogen and oxygen atoms in total. The molecule has 1 N–H and O–H groups in total. The first-order chi connectivity index (χ1) is 21.8. The number of hydrogen-bond acceptors (Lipinski definition) is 10. The van der Waals surface area contributed by atoms with Crippen LogP contribution in [-0.4, -0.2) is 89.3 Å². The van der Waals surface area contributed by atoms with Crippen LogP contribution in [0.2, 0.25) is 5.02 Å². The Morgan fingerprint density at radius 3 is 2.51 bits per heavy atom. The van der Waals surface area contributed by atoms with Gasteiger partial charge in [0.2, 0.25) is 5.91 Å². The second-order valence-corrected chi connectivity index (χ2v) is 14.6. The molecule has 3 aliphatic heterocycles. The van der Waals surface area contributed by atoms with Crippen LogP contribution in [0.25, 0.3) is 0 Å². The van der Waals surface area contributed by atoms with Gasteiger partial charge in [-0.3, -0.25) is 19.5 Å². The lowest BCUT2D eigenvalue weighted by Crippen LogP contribution is -2.46. The van der Waals surface area contributed by atoms with Crippen molar-refractivity contribution in [3.8, 4) is 0 Å². The van der Waals surface area contributed by atoms with Crippen molar-refractivity contribution in [2.45, 2.75) is 58.2 Å². The highest BCUT2D eigenvalue weighted by atomic mass is 35.5. The van der Waals surface area contributed by atoms with Gasteiger partial charge in [-0.15, -0.1) is 11.3 Å². The molecule has 0 spiro atoms. The summed E-state index contributed by atoms with van der Waals surface area (Å²) < 4.78 is 70.4. The van der Waals surface area contributed by atoms with Crippen molar-refractivity contribution in [2.75, 3.05) is 33.3 Å². The van der Waals surface area contributed by atoms with Crippen LogP contribution >= 0.6 is 22.9 Å². The van der Waals surface area contributed by atoms with E-state index >= 15 is 8.78 Å². The largest absolute Gasteiger partial charge is 0.466 e. The van der Waals surface area contributed by atoms with Crippen molar-refractivity contribution in [2.24, 2.45) is 16.3 Å². The third-order valence-electron chi connectivity index (χ3n) is 8.13. The Balaban J connectivity index is 1.51. The number of hydrogen-bond donors (Lipinski definition) is 1. The molecule has 2 saturated heterocycles. The summed E-state index contributed by atoms with van der Waals surface area (Å²) in [6, 6.07) is -0.294. The topological polar surface area (TPSA) is 113 Å². The molecule has 16 heteroatoms. The number of benzene rings is 1. The highest BCUT2D eigenvalue weighted by Gasteiger charge is 2.63. The molecule has 3 atom stereocenters. The number of rotatable bonds is 8. The van der Waals surface area contributed by atoms with Crippen LogP contribution in [0.4, 0.5) is 17.6 Å². The van der Waals surface area contributed by atoms with Gasteiger partial charge in [0.15, 0.2) is 22.5 Å². The normalized spacial score (nSPS) is 23.0. The highest BCUT2D eigenvalue weighted by molar-refractivity contribution is 7.11. The number of fused-ring (bicyclic) bond motifs is 1. The van der Waals surface area contributed by atoms with Crippen molar-refractivity contribution in [1.29, 1.82) is 0 Å². The maximum absolute atomic E-state index is 15.6. The lowest BCUT2D eigenvalue weighted by atomic mass is 9.92. The number of carbonyl (C=O) groups is 3. The smallest absolute Gasteiger partial charge is 0.338 e. The zero-order chi connectivity index (χ0) is 34.6. The number of carbonyl (C=O) groups excluding carboxylic acids is 3. The number of likely N-dealkylation sites (tertiary alicyclic amines) is 2. The van der Waals surface area contributed by atoms with Gasteiger partial charge in [0.05, 0.1) is 29.7 Å². The van der Waals surface area contributed by atoms with E-state index in [9.17, 15) is 23.2 Å². The summed E-state index contributed by atoms with van der Waals surface area (Å²) in [5, 5.41) is 4.44. The highest BCUT2D eigenvalue weighted by Crippen LogP contribution is 2.45. The van der Waals surface area contributed by atoms with Crippen LogP contribution < -0.4 is 5.32 Å². The minimum atomic E-state index is -3.44. The van der Waals surface area contributed by atoms with Gasteiger partial charge in [0.1, 0.15) is 17.6 Å². The lowest BCUT2D eigenvalue weighted by molar-refractivity contribution is -0.167. The molecule has 3 aliphatic rings. The van der Waals surface area contributed by atoms with Crippen molar-refractivity contribution < 1.29 is 41.4 Å². The van der Waals surface area contributed by atoms with Crippen molar-refractivity contribution in [3.63, 3.8) is 0 Å². The molecule has 0 bridgehead atoms. The van der Waals surface area contributed by atoms with E-state index in [0.717, 1.165) is 13.2 Å². The number of halogens is 5. The van der Waals surface area contributed by atoms with Crippen molar-refractivity contribution in [3.05, 3.63) is 62.2 Å². The Kier molecular flexibility index (Phi) is 9.23. The van der Waals surface area contributed by atoms with E-state index in [1.165, 1.54) is 33.4 Å². The van der Waals surface area contributed by atoms with E-state index in [4.69, 9.17) is 21.1 Å². The van der Waals surface area contributed by atoms with Crippen molar-refractivity contribution in [1.82, 2.24) is 20.1 Å². The first-order valence-corrected chi connectivity index (χ1v) is 15.9. The molecule has 5 rings (SSSR count). The predicted octanol–water partition coefficient (Wildman–Crippen LogP) is 4.74. The minimum absolute atomic E-state index is 0.0600. The number of aliphatic imine (C=N–C) groups is 1. The summed E-state index contributed by atoms with van der Waals surface area (Å²) >= 11 is 7.40. The zero-order valence-electron chi connectivity index (χ0n) is 26.5. The van der Waals surface area contributed by atoms with E-state index in [2.05, 4.69) is 15.3 Å². The van der Waals surface area contributed by atoms with Gasteiger partial charge in [-0.2, -0.15) is 0 Å². The standard InChI is InChI=1S/C31H34ClF4N5O5S/c1-29(2,3)46-28(44)30(4,5)13-41-12-18-20(26(41)42)31(35,36)14-40(18)11-17-19(27(43)45-6)23(15-7-8-16(33)22(34)21(15)32)39-24(38-17)25-37-9-10-47-25/h7-10,18,20,23H,11-14H2,1-6H3,(H,38,39)/t18-,20-,23?/m0/s1. The van der Waals surface area contributed by atoms with E-state index in [1.807, 2.05) is 0 Å². The zero-order valence-corrected chi connectivity index (χ0v) is 28.1. The van der Waals surface area contributed by atoms with Crippen molar-refractivity contribution >= 4 is 46.6 Å². The maximum Gasteiger partial charge on any atom is 0.338 e. The second kappa shape index (κ2) is 12.5. The summed E-state index contributed by atoms with van der Waals surface area (Å²) in [6.07, 6.45) is 1.51. The quantitative estimate of drug-likeness (QED) is 0.239. The predicted molar refractivity (Wildman–Crippen MR) is 165 cm³/mol. The Morgan fingerprint density at radius 1 is 1.19 bits per heavy atom. The van der Waals surface area contributed by atoms with Gasteiger partial charge in [0.25, 0.3) is 5.92 Å². The van der Waals surface area contributed by atoms with Crippen LogP contribution in [0.15, 0.2) is 40.0 Å². The number of esters is 2. The molecule has 2 aromatic rings. The number of alkyl halides is 2. The fraction of sp³-hybridized carbons (Fsp3) is 0.516. The Hall–Kier alpha value is -3.56. The number of amides is 1. The Labute approximate surface area is 277 Å². The first kappa shape index (κ1) is 34.8. The summed E-state index contributed by atoms with van der Waals surface area (Å²) in [5.41, 5.74) is -2.12. The van der Waals surface area contributed by atoms with Crippen LogP contribution in [0.5, 0.6) is 0 Å². The number of ether oxygens (including phenoxy) is 2. The van der Waals surface area contributed by atoms with Crippen LogP contribution in [0, 0.1) is 23.0 Å². The molecular formula is C31H34ClF4N5O5S. The molecule has 47 heavy (non-hydrogen) atoms. The molecule has 4 heterocycles. The molecule has 1 aromatic carbocycles. The molecule has 1 amide bonds. The Bertz CT molecular complexity index is 1660. The molecule has 254 valence electrons. The average molecular weight is 700 g/mol. The fourth-order valence-electron chi connectivity index (χ4n) is 6.03. The molecule has 0 aliphatic carbocycles. The van der Waals surface area contributed by atoms with Gasteiger partial charge in [-0.1, -0.05) is 17.7 Å². The number of nitrogens with zero attached hydrogens (tertiary/aromatic N) is 4. The molecule has 0 saturated carbocycles. The third-order valence-corrected chi connectivity index (χ3v) is 9.30. The fourth-order valence-corrected chi connectivity index (χ4v) is 6.88. The number of amidine groups is 1. The summed E-state index contributed by atoms with van der Waals surface area (Å²) in [5.74, 6) is -9.85. The molecule has 1 aromatic heterocycles. The van der Waals surface area contributed by atoms with E-state index in [0.29, 0.717) is 5.01 Å². The monoisotopic (exact) mass is 699 g/mol. The van der Waals surface area contributed by atoms with E-state index < -0.39 is 76.0 Å². The van der Waals surface area contributed by atoms with E-state index in [-0.39, 0.29) is 42.3 Å². The molecule has 0 radical (unpaired) electrons. The van der Waals surface area contributed by atoms with Gasteiger partial charge in [0, 0.05) is 48.5 Å². The first-order valence-electron chi connectivity index (χ1n) is 14.7. The third kappa shape index (κ3) is 6.74. The second-order valence-electron chi connectivity index (χ2n) is 13.3. The number of aromatic nitrogens is 1. The average Bonchev–Trinajstić information content (AvgIpc) is 3.68. The van der Waals surface area contributed by atoms with Gasteiger partial charge < -0.3 is 19.7 Å². The minimum Gasteiger partial charge on any atom is -0.466 e. The van der Waals surface area contributed by atoms with Gasteiger partial charge in [-0.05, 0) is 40.7 Å². The summed E-state index contributed by atoms with van der Waals surface area (Å²) in [4.78, 5) is 51.0. The Morgan fingerprint density at radius 2 is 1.89 bits per heavy atom. The van der Waals surface area contributed by atoms with Crippen LogP contribution in [0.3, 0.4) is 0 Å². The molecular weight excluding hydrogens is 666 g/mol. The number of thiazole rings is 1. The number of nitrogens with one attached hydrogen (secondary N) is 1. The summed E-state index contributed by atoms with van der Waals surface area (Å²) in [6.45, 7) is 6.91. The van der Waals surface area contributed by atoms with Crippen LogP contribution in [-0.2, 0) is 23.9 Å². The van der Waals surface area contributed by atoms with Crippen LogP contribution in [0.1, 0.15) is 51.2 Å². The van der Waals surface area contributed by atoms with E-state index in [1.54, 1.807) is 40.0 Å². The maximum atomic E-state index is 15.6. The summed E-state index contributed by atoms with van der Waals surface area (Å²) in [7, 11) is 1.11. The lowest BCUT2D eigenvalue weighted by Gasteiger charge is -2.33. The van der Waals surface area contributed by atoms with Gasteiger partial charge >= 0.3 is 11.9 Å². The molecule has 1 unspecified atom stereocenters. The van der Waals surface area contributed by atoms with Gasteiger partial charge in [-0.25, -0.2) is 27.3 Å². The number of methoxy groups -OCH3 is 1. The SMILES string of the molecule is COC(=O)C1=C(CN2CC(F)(F)[C@@H]3C(=O)N(CC(C)(C)C(=O)OC(C)(C)C)C[C@@H]32)NC(c2nccs2)=NC1c1ccc(F)c(F)c1Cl. The molecule has 2 fully saturated rings.